The molecule has 152 valence electrons. The van der Waals surface area contributed by atoms with Crippen LogP contribution in [0, 0.1) is 25.7 Å². The third-order valence-corrected chi connectivity index (χ3v) is 6.57. The molecule has 0 aromatic heterocycles. The van der Waals surface area contributed by atoms with Gasteiger partial charge in [-0.05, 0) is 74.8 Å². The van der Waals surface area contributed by atoms with Crippen LogP contribution in [0.15, 0.2) is 18.2 Å². The molecule has 3 rings (SSSR count). The number of hydrogen-bond donors (Lipinski definition) is 0. The zero-order valence-corrected chi connectivity index (χ0v) is 16.7. The molecule has 5 heteroatoms. The van der Waals surface area contributed by atoms with Crippen LogP contribution < -0.4 is 4.90 Å². The Kier molecular flexibility index (Phi) is 6.72. The van der Waals surface area contributed by atoms with E-state index in [4.69, 9.17) is 0 Å². The Morgan fingerprint density at radius 2 is 1.52 bits per heavy atom. The minimum atomic E-state index is -3.99. The lowest BCUT2D eigenvalue weighted by Gasteiger charge is -2.37. The Labute approximate surface area is 161 Å². The number of benzene rings is 1. The van der Waals surface area contributed by atoms with Gasteiger partial charge in [0.25, 0.3) is 0 Å². The van der Waals surface area contributed by atoms with E-state index in [1.807, 2.05) is 0 Å². The molecule has 1 saturated carbocycles. The second kappa shape index (κ2) is 8.85. The summed E-state index contributed by atoms with van der Waals surface area (Å²) in [5.74, 6) is 0.482. The molecule has 0 N–H and O–H groups in total. The van der Waals surface area contributed by atoms with Crippen LogP contribution in [-0.4, -0.2) is 43.8 Å². The maximum Gasteiger partial charge on any atom is 0.389 e. The first kappa shape index (κ1) is 20.5. The van der Waals surface area contributed by atoms with Gasteiger partial charge in [-0.15, -0.1) is 0 Å². The SMILES string of the molecule is Cc1ccc(N2CCN(CCC3CCC(CC(F)(F)F)CC3)CC2)cc1C. The van der Waals surface area contributed by atoms with Crippen molar-refractivity contribution in [1.29, 1.82) is 0 Å². The number of hydrogen-bond acceptors (Lipinski definition) is 2. The van der Waals surface area contributed by atoms with Gasteiger partial charge in [0.15, 0.2) is 0 Å². The Morgan fingerprint density at radius 1 is 0.889 bits per heavy atom. The van der Waals surface area contributed by atoms with Crippen molar-refractivity contribution >= 4 is 5.69 Å². The van der Waals surface area contributed by atoms with Gasteiger partial charge in [-0.2, -0.15) is 13.2 Å². The van der Waals surface area contributed by atoms with Crippen molar-refractivity contribution in [2.45, 2.75) is 58.5 Å². The fraction of sp³-hybridized carbons (Fsp3) is 0.727. The van der Waals surface area contributed by atoms with Crippen LogP contribution in [0.5, 0.6) is 0 Å². The van der Waals surface area contributed by atoms with Gasteiger partial charge in [0.05, 0.1) is 0 Å². The zero-order valence-electron chi connectivity index (χ0n) is 16.7. The van der Waals surface area contributed by atoms with E-state index in [2.05, 4.69) is 41.8 Å². The van der Waals surface area contributed by atoms with Gasteiger partial charge in [-0.3, -0.25) is 4.90 Å². The molecule has 2 aliphatic rings. The van der Waals surface area contributed by atoms with Crippen molar-refractivity contribution in [3.8, 4) is 0 Å². The van der Waals surface area contributed by atoms with Crippen LogP contribution in [0.1, 0.15) is 49.7 Å². The van der Waals surface area contributed by atoms with Gasteiger partial charge in [0, 0.05) is 38.3 Å². The van der Waals surface area contributed by atoms with E-state index in [0.29, 0.717) is 5.92 Å². The molecule has 0 bridgehead atoms. The van der Waals surface area contributed by atoms with Crippen molar-refractivity contribution in [1.82, 2.24) is 4.90 Å². The third kappa shape index (κ3) is 6.13. The lowest BCUT2D eigenvalue weighted by Crippen LogP contribution is -2.47. The Balaban J connectivity index is 1.36. The van der Waals surface area contributed by atoms with Crippen LogP contribution in [0.2, 0.25) is 0 Å². The average Bonchev–Trinajstić information content (AvgIpc) is 2.63. The number of anilines is 1. The predicted molar refractivity (Wildman–Crippen MR) is 105 cm³/mol. The van der Waals surface area contributed by atoms with E-state index in [0.717, 1.165) is 64.8 Å². The normalized spacial score (nSPS) is 25.0. The summed E-state index contributed by atoms with van der Waals surface area (Å²) >= 11 is 0. The van der Waals surface area contributed by atoms with Gasteiger partial charge in [-0.1, -0.05) is 18.9 Å². The molecular formula is C22H33F3N2. The van der Waals surface area contributed by atoms with Gasteiger partial charge in [0.2, 0.25) is 0 Å². The molecule has 0 radical (unpaired) electrons. The van der Waals surface area contributed by atoms with Gasteiger partial charge >= 0.3 is 6.18 Å². The topological polar surface area (TPSA) is 6.48 Å². The molecule has 0 atom stereocenters. The number of halogens is 3. The Bertz CT molecular complexity index is 598. The summed E-state index contributed by atoms with van der Waals surface area (Å²) in [6.07, 6.45) is 0.0257. The molecule has 2 nitrogen and oxygen atoms in total. The van der Waals surface area contributed by atoms with Crippen LogP contribution in [0.3, 0.4) is 0 Å². The third-order valence-electron chi connectivity index (χ3n) is 6.57. The highest BCUT2D eigenvalue weighted by atomic mass is 19.4. The molecule has 1 aromatic rings. The first-order valence-corrected chi connectivity index (χ1v) is 10.4. The largest absolute Gasteiger partial charge is 0.389 e. The summed E-state index contributed by atoms with van der Waals surface area (Å²) in [5, 5.41) is 0. The summed E-state index contributed by atoms with van der Waals surface area (Å²) in [7, 11) is 0. The van der Waals surface area contributed by atoms with Gasteiger partial charge < -0.3 is 4.90 Å². The number of rotatable bonds is 5. The first-order valence-electron chi connectivity index (χ1n) is 10.4. The molecule has 2 fully saturated rings. The first-order chi connectivity index (χ1) is 12.8. The van der Waals surface area contributed by atoms with E-state index in [1.165, 1.54) is 16.8 Å². The molecule has 1 aliphatic heterocycles. The van der Waals surface area contributed by atoms with Crippen LogP contribution in [0.25, 0.3) is 0 Å². The average molecular weight is 383 g/mol. The predicted octanol–water partition coefficient (Wildman–Crippen LogP) is 5.57. The fourth-order valence-corrected chi connectivity index (χ4v) is 4.57. The van der Waals surface area contributed by atoms with Gasteiger partial charge in [-0.25, -0.2) is 0 Å². The minimum absolute atomic E-state index is 0.136. The zero-order chi connectivity index (χ0) is 19.4. The highest BCUT2D eigenvalue weighted by Crippen LogP contribution is 2.37. The molecule has 1 heterocycles. The molecule has 1 aromatic carbocycles. The quantitative estimate of drug-likeness (QED) is 0.656. The molecule has 0 unspecified atom stereocenters. The monoisotopic (exact) mass is 382 g/mol. The van der Waals surface area contributed by atoms with Crippen molar-refractivity contribution < 1.29 is 13.2 Å². The summed E-state index contributed by atoms with van der Waals surface area (Å²) in [6.45, 7) is 9.68. The van der Waals surface area contributed by atoms with E-state index in [1.54, 1.807) is 0 Å². The maximum atomic E-state index is 12.5. The number of alkyl halides is 3. The van der Waals surface area contributed by atoms with E-state index in [9.17, 15) is 13.2 Å². The minimum Gasteiger partial charge on any atom is -0.369 e. The highest BCUT2D eigenvalue weighted by molar-refractivity contribution is 5.51. The van der Waals surface area contributed by atoms with Crippen molar-refractivity contribution in [3.63, 3.8) is 0 Å². The number of nitrogens with zero attached hydrogens (tertiary/aromatic N) is 2. The van der Waals surface area contributed by atoms with E-state index < -0.39 is 12.6 Å². The summed E-state index contributed by atoms with van der Waals surface area (Å²) in [4.78, 5) is 4.99. The van der Waals surface area contributed by atoms with E-state index in [-0.39, 0.29) is 5.92 Å². The van der Waals surface area contributed by atoms with Gasteiger partial charge in [0.1, 0.15) is 0 Å². The molecule has 27 heavy (non-hydrogen) atoms. The smallest absolute Gasteiger partial charge is 0.369 e. The lowest BCUT2D eigenvalue weighted by molar-refractivity contribution is -0.147. The van der Waals surface area contributed by atoms with Crippen LogP contribution in [-0.2, 0) is 0 Å². The summed E-state index contributed by atoms with van der Waals surface area (Å²) in [6, 6.07) is 6.70. The number of piperazine rings is 1. The molecular weight excluding hydrogens is 349 g/mol. The molecule has 1 saturated heterocycles. The number of aryl methyl sites for hydroxylation is 2. The highest BCUT2D eigenvalue weighted by Gasteiger charge is 2.33. The second-order valence-electron chi connectivity index (χ2n) is 8.59. The Hall–Kier alpha value is -1.23. The Morgan fingerprint density at radius 3 is 2.11 bits per heavy atom. The van der Waals surface area contributed by atoms with Crippen LogP contribution in [0.4, 0.5) is 18.9 Å². The van der Waals surface area contributed by atoms with Crippen molar-refractivity contribution in [2.24, 2.45) is 11.8 Å². The summed E-state index contributed by atoms with van der Waals surface area (Å²) < 4.78 is 37.5. The summed E-state index contributed by atoms with van der Waals surface area (Å²) in [5.41, 5.74) is 4.00. The molecule has 0 amide bonds. The second-order valence-corrected chi connectivity index (χ2v) is 8.59. The van der Waals surface area contributed by atoms with Crippen molar-refractivity contribution in [3.05, 3.63) is 29.3 Å². The fourth-order valence-electron chi connectivity index (χ4n) is 4.57. The molecule has 0 spiro atoms. The maximum absolute atomic E-state index is 12.5. The van der Waals surface area contributed by atoms with Crippen molar-refractivity contribution in [2.75, 3.05) is 37.6 Å². The lowest BCUT2D eigenvalue weighted by atomic mass is 9.79. The molecule has 1 aliphatic carbocycles. The van der Waals surface area contributed by atoms with E-state index >= 15 is 0 Å². The standard InChI is InChI=1S/C22H33F3N2/c1-17-3-8-21(15-18(17)2)27-13-11-26(12-14-27)10-9-19-4-6-20(7-5-19)16-22(23,24)25/h3,8,15,19-20H,4-7,9-14,16H2,1-2H3. The van der Waals surface area contributed by atoms with Crippen LogP contribution >= 0.6 is 0 Å².